The van der Waals surface area contributed by atoms with Crippen LogP contribution in [0.2, 0.25) is 10.0 Å². The minimum Gasteiger partial charge on any atom is -0.502 e. The van der Waals surface area contributed by atoms with E-state index in [1.807, 2.05) is 50.2 Å². The number of aliphatic hydroxyl groups excluding tert-OH is 1. The smallest absolute Gasteiger partial charge is 0.288 e. The molecule has 3 nitrogen and oxygen atoms in total. The number of aromatic nitrogens is 1. The first-order chi connectivity index (χ1) is 13.4. The lowest BCUT2D eigenvalue weighted by atomic mass is 10.1. The molecule has 0 aliphatic heterocycles. The minimum atomic E-state index is -0.0634. The predicted molar refractivity (Wildman–Crippen MR) is 121 cm³/mol. The van der Waals surface area contributed by atoms with Crippen molar-refractivity contribution >= 4 is 57.6 Å². The van der Waals surface area contributed by atoms with Crippen LogP contribution >= 0.6 is 35.4 Å². The quantitative estimate of drug-likeness (QED) is 0.223. The molecular formula is C22H19Cl2N2OS+. The molecule has 0 aliphatic rings. The number of rotatable bonds is 4. The summed E-state index contributed by atoms with van der Waals surface area (Å²) in [6.45, 7) is 4.06. The summed E-state index contributed by atoms with van der Waals surface area (Å²) < 4.78 is 1.74. The fraction of sp³-hybridized carbons (Fsp3) is 0.0909. The van der Waals surface area contributed by atoms with Crippen molar-refractivity contribution in [3.05, 3.63) is 93.7 Å². The van der Waals surface area contributed by atoms with E-state index in [0.29, 0.717) is 26.3 Å². The number of nitrogens with one attached hydrogen (secondary N) is 1. The van der Waals surface area contributed by atoms with Gasteiger partial charge in [-0.05, 0) is 49.2 Å². The van der Waals surface area contributed by atoms with Gasteiger partial charge in [0.05, 0.1) is 5.02 Å². The lowest BCUT2D eigenvalue weighted by Gasteiger charge is -2.13. The van der Waals surface area contributed by atoms with Gasteiger partial charge in [-0.1, -0.05) is 53.6 Å². The van der Waals surface area contributed by atoms with Gasteiger partial charge >= 0.3 is 0 Å². The Labute approximate surface area is 179 Å². The second kappa shape index (κ2) is 8.74. The van der Waals surface area contributed by atoms with Crippen molar-refractivity contribution in [3.63, 3.8) is 0 Å². The van der Waals surface area contributed by atoms with Gasteiger partial charge in [0, 0.05) is 28.4 Å². The van der Waals surface area contributed by atoms with Gasteiger partial charge in [0.25, 0.3) is 5.70 Å². The van der Waals surface area contributed by atoms with E-state index in [4.69, 9.17) is 35.4 Å². The molecule has 0 bridgehead atoms. The van der Waals surface area contributed by atoms with Crippen LogP contribution in [0.5, 0.6) is 0 Å². The molecule has 6 heteroatoms. The molecule has 28 heavy (non-hydrogen) atoms. The number of anilines is 1. The van der Waals surface area contributed by atoms with Crippen molar-refractivity contribution in [2.75, 3.05) is 5.32 Å². The Morgan fingerprint density at radius 3 is 2.43 bits per heavy atom. The van der Waals surface area contributed by atoms with Crippen molar-refractivity contribution in [2.45, 2.75) is 13.8 Å². The highest BCUT2D eigenvalue weighted by atomic mass is 35.5. The number of halogens is 2. The van der Waals surface area contributed by atoms with E-state index in [1.165, 1.54) is 0 Å². The molecule has 0 aliphatic carbocycles. The fourth-order valence-corrected chi connectivity index (χ4v) is 3.46. The number of aliphatic hydroxyl groups is 1. The molecule has 0 fully saturated rings. The summed E-state index contributed by atoms with van der Waals surface area (Å²) in [6, 6.07) is 16.5. The van der Waals surface area contributed by atoms with Crippen LogP contribution in [0.3, 0.4) is 0 Å². The summed E-state index contributed by atoms with van der Waals surface area (Å²) in [4.78, 5) is 0.360. The summed E-state index contributed by atoms with van der Waals surface area (Å²) in [5.41, 5.74) is 3.92. The summed E-state index contributed by atoms with van der Waals surface area (Å²) >= 11 is 18.1. The standard InChI is InChI=1S/C22H18Cl2N2OS/c1-14-7-6-8-19(15(14)2)25-22(28)20(26-11-4-3-5-12-26)21(27)17-13-16(23)9-10-18(17)24/h3-13H,1-2H3,(H-,25,27,28)/p+1. The van der Waals surface area contributed by atoms with Crippen LogP contribution < -0.4 is 9.88 Å². The third-order valence-electron chi connectivity index (χ3n) is 4.45. The molecule has 3 rings (SSSR count). The lowest BCUT2D eigenvalue weighted by molar-refractivity contribution is -0.575. The van der Waals surface area contributed by atoms with E-state index in [1.54, 1.807) is 35.2 Å². The summed E-state index contributed by atoms with van der Waals surface area (Å²) in [5, 5.41) is 15.2. The van der Waals surface area contributed by atoms with Crippen LogP contribution in [0, 0.1) is 13.8 Å². The first kappa shape index (κ1) is 20.3. The number of hydrogen-bond donors (Lipinski definition) is 2. The topological polar surface area (TPSA) is 36.1 Å². The highest BCUT2D eigenvalue weighted by Crippen LogP contribution is 2.29. The maximum absolute atomic E-state index is 11.1. The van der Waals surface area contributed by atoms with Gasteiger partial charge in [-0.3, -0.25) is 0 Å². The predicted octanol–water partition coefficient (Wildman–Crippen LogP) is 6.22. The Hall–Kier alpha value is -2.40. The monoisotopic (exact) mass is 429 g/mol. The second-order valence-electron chi connectivity index (χ2n) is 6.31. The fourth-order valence-electron chi connectivity index (χ4n) is 2.77. The van der Waals surface area contributed by atoms with Crippen LogP contribution in [-0.4, -0.2) is 10.1 Å². The Balaban J connectivity index is 2.13. The molecule has 0 amide bonds. The van der Waals surface area contributed by atoms with Crippen molar-refractivity contribution in [2.24, 2.45) is 0 Å². The average molecular weight is 430 g/mol. The highest BCUT2D eigenvalue weighted by molar-refractivity contribution is 7.81. The Kier molecular flexibility index (Phi) is 6.35. The summed E-state index contributed by atoms with van der Waals surface area (Å²) in [6.07, 6.45) is 3.61. The van der Waals surface area contributed by atoms with Crippen molar-refractivity contribution in [3.8, 4) is 0 Å². The van der Waals surface area contributed by atoms with Gasteiger partial charge in [-0.25, -0.2) is 0 Å². The molecule has 142 valence electrons. The third-order valence-corrected chi connectivity index (χ3v) is 5.31. The molecule has 0 saturated carbocycles. The zero-order valence-electron chi connectivity index (χ0n) is 15.4. The van der Waals surface area contributed by atoms with Crippen molar-refractivity contribution in [1.29, 1.82) is 0 Å². The second-order valence-corrected chi connectivity index (χ2v) is 7.56. The third kappa shape index (κ3) is 4.36. The molecule has 0 radical (unpaired) electrons. The molecule has 0 spiro atoms. The van der Waals surface area contributed by atoms with Crippen LogP contribution in [-0.2, 0) is 0 Å². The largest absolute Gasteiger partial charge is 0.502 e. The molecule has 0 atom stereocenters. The van der Waals surface area contributed by atoms with E-state index in [-0.39, 0.29) is 5.76 Å². The maximum atomic E-state index is 11.1. The molecule has 2 N–H and O–H groups in total. The van der Waals surface area contributed by atoms with E-state index >= 15 is 0 Å². The Bertz CT molecular complexity index is 1070. The van der Waals surface area contributed by atoms with Gasteiger partial charge in [0.2, 0.25) is 5.76 Å². The van der Waals surface area contributed by atoms with Crippen molar-refractivity contribution < 1.29 is 9.67 Å². The molecule has 0 unspecified atom stereocenters. The number of hydrogen-bond acceptors (Lipinski definition) is 2. The number of benzene rings is 2. The number of nitrogens with zero attached hydrogens (tertiary/aromatic N) is 1. The molecule has 0 saturated heterocycles. The zero-order valence-corrected chi connectivity index (χ0v) is 17.7. The number of thiocarbonyl (C=S) groups is 1. The van der Waals surface area contributed by atoms with Gasteiger partial charge in [-0.15, -0.1) is 0 Å². The SMILES string of the molecule is Cc1cccc(NC(=S)/C(=C(\O)c2cc(Cl)ccc2Cl)[n+]2ccccc2)c1C. The van der Waals surface area contributed by atoms with Gasteiger partial charge in [-0.2, -0.15) is 4.57 Å². The molecule has 2 aromatic carbocycles. The van der Waals surface area contributed by atoms with Crippen LogP contribution in [0.15, 0.2) is 67.0 Å². The average Bonchev–Trinajstić information content (AvgIpc) is 2.68. The van der Waals surface area contributed by atoms with Crippen LogP contribution in [0.4, 0.5) is 5.69 Å². The number of aryl methyl sites for hydroxylation is 1. The first-order valence-corrected chi connectivity index (χ1v) is 9.78. The van der Waals surface area contributed by atoms with Gasteiger partial charge in [0.15, 0.2) is 17.4 Å². The molecule has 3 aromatic rings. The van der Waals surface area contributed by atoms with Crippen LogP contribution in [0.1, 0.15) is 16.7 Å². The zero-order chi connectivity index (χ0) is 20.3. The molecular weight excluding hydrogens is 411 g/mol. The maximum Gasteiger partial charge on any atom is 0.288 e. The summed E-state index contributed by atoms with van der Waals surface area (Å²) in [7, 11) is 0. The number of pyridine rings is 1. The Morgan fingerprint density at radius 2 is 1.71 bits per heavy atom. The lowest BCUT2D eigenvalue weighted by Crippen LogP contribution is -2.38. The highest BCUT2D eigenvalue weighted by Gasteiger charge is 2.25. The van der Waals surface area contributed by atoms with Crippen molar-refractivity contribution in [1.82, 2.24) is 0 Å². The molecule has 1 heterocycles. The van der Waals surface area contributed by atoms with E-state index in [2.05, 4.69) is 5.32 Å². The van der Waals surface area contributed by atoms with Crippen LogP contribution in [0.25, 0.3) is 11.5 Å². The van der Waals surface area contributed by atoms with E-state index in [0.717, 1.165) is 16.8 Å². The van der Waals surface area contributed by atoms with E-state index in [9.17, 15) is 5.11 Å². The first-order valence-electron chi connectivity index (χ1n) is 8.61. The molecule has 1 aromatic heterocycles. The minimum absolute atomic E-state index is 0.0634. The van der Waals surface area contributed by atoms with E-state index < -0.39 is 0 Å². The van der Waals surface area contributed by atoms with Gasteiger partial charge < -0.3 is 10.4 Å². The van der Waals surface area contributed by atoms with Gasteiger partial charge in [0.1, 0.15) is 0 Å². The summed E-state index contributed by atoms with van der Waals surface area (Å²) in [5.74, 6) is -0.0634. The normalized spacial score (nSPS) is 11.7. The Morgan fingerprint density at radius 1 is 1.00 bits per heavy atom.